The van der Waals surface area contributed by atoms with Crippen molar-refractivity contribution < 1.29 is 9.84 Å². The summed E-state index contributed by atoms with van der Waals surface area (Å²) in [5.41, 5.74) is 4.36. The van der Waals surface area contributed by atoms with Gasteiger partial charge in [-0.1, -0.05) is 20.8 Å². The van der Waals surface area contributed by atoms with Gasteiger partial charge in [-0.3, -0.25) is 0 Å². The monoisotopic (exact) mass is 189 g/mol. The van der Waals surface area contributed by atoms with Crippen LogP contribution in [0.1, 0.15) is 34.6 Å². The molecule has 3 heteroatoms. The summed E-state index contributed by atoms with van der Waals surface area (Å²) in [6, 6.07) is 0. The van der Waals surface area contributed by atoms with E-state index in [1.165, 1.54) is 0 Å². The number of hydrogen-bond donors (Lipinski definition) is 2. The Bertz CT molecular complexity index is 151. The lowest BCUT2D eigenvalue weighted by atomic mass is 9.77. The lowest BCUT2D eigenvalue weighted by molar-refractivity contribution is -0.118. The standard InChI is InChI=1S/C10H23NO2/c1-8(2)13-7-10(12,6-11)9(3,4)5/h8,12H,6-7,11H2,1-5H3. The van der Waals surface area contributed by atoms with Crippen molar-refractivity contribution in [1.29, 1.82) is 0 Å². The molecule has 1 atom stereocenters. The normalized spacial score (nSPS) is 17.5. The van der Waals surface area contributed by atoms with Gasteiger partial charge in [0.2, 0.25) is 0 Å². The first-order chi connectivity index (χ1) is 5.73. The van der Waals surface area contributed by atoms with E-state index in [1.807, 2.05) is 34.6 Å². The van der Waals surface area contributed by atoms with Crippen LogP contribution < -0.4 is 5.73 Å². The van der Waals surface area contributed by atoms with Crippen molar-refractivity contribution >= 4 is 0 Å². The van der Waals surface area contributed by atoms with E-state index in [0.29, 0.717) is 6.61 Å². The second-order valence-electron chi connectivity index (χ2n) is 4.85. The van der Waals surface area contributed by atoms with Crippen molar-refractivity contribution in [3.8, 4) is 0 Å². The van der Waals surface area contributed by atoms with Crippen molar-refractivity contribution in [2.45, 2.75) is 46.3 Å². The molecule has 0 saturated carbocycles. The third-order valence-electron chi connectivity index (χ3n) is 2.39. The van der Waals surface area contributed by atoms with E-state index in [0.717, 1.165) is 0 Å². The maximum Gasteiger partial charge on any atom is 0.105 e. The molecule has 0 heterocycles. The maximum atomic E-state index is 10.2. The highest BCUT2D eigenvalue weighted by Crippen LogP contribution is 2.29. The summed E-state index contributed by atoms with van der Waals surface area (Å²) in [6.07, 6.45) is 0.125. The first-order valence-corrected chi connectivity index (χ1v) is 4.77. The predicted molar refractivity (Wildman–Crippen MR) is 54.5 cm³/mol. The summed E-state index contributed by atoms with van der Waals surface area (Å²) in [7, 11) is 0. The lowest BCUT2D eigenvalue weighted by Gasteiger charge is -2.39. The van der Waals surface area contributed by atoms with Crippen LogP contribution in [0.5, 0.6) is 0 Å². The maximum absolute atomic E-state index is 10.2. The minimum absolute atomic E-state index is 0.125. The Balaban J connectivity index is 4.29. The molecule has 0 amide bonds. The summed E-state index contributed by atoms with van der Waals surface area (Å²) in [4.78, 5) is 0. The van der Waals surface area contributed by atoms with Crippen molar-refractivity contribution in [1.82, 2.24) is 0 Å². The number of rotatable bonds is 4. The van der Waals surface area contributed by atoms with Crippen molar-refractivity contribution in [2.24, 2.45) is 11.1 Å². The van der Waals surface area contributed by atoms with Crippen molar-refractivity contribution in [3.63, 3.8) is 0 Å². The highest BCUT2D eigenvalue weighted by molar-refractivity contribution is 4.91. The zero-order valence-corrected chi connectivity index (χ0v) is 9.42. The quantitative estimate of drug-likeness (QED) is 0.697. The fraction of sp³-hybridized carbons (Fsp3) is 1.00. The molecule has 0 fully saturated rings. The molecule has 0 aromatic heterocycles. The van der Waals surface area contributed by atoms with Gasteiger partial charge in [0.1, 0.15) is 5.60 Å². The molecule has 0 aliphatic carbocycles. The van der Waals surface area contributed by atoms with Crippen LogP contribution in [0.3, 0.4) is 0 Å². The lowest BCUT2D eigenvalue weighted by Crippen LogP contribution is -2.53. The molecule has 0 bridgehead atoms. The highest BCUT2D eigenvalue weighted by atomic mass is 16.5. The smallest absolute Gasteiger partial charge is 0.105 e. The Morgan fingerprint density at radius 1 is 1.31 bits per heavy atom. The third-order valence-corrected chi connectivity index (χ3v) is 2.39. The average molecular weight is 189 g/mol. The van der Waals surface area contributed by atoms with Crippen LogP contribution in [-0.4, -0.2) is 30.0 Å². The Kier molecular flexibility index (Phi) is 4.36. The molecule has 3 nitrogen and oxygen atoms in total. The summed E-state index contributed by atoms with van der Waals surface area (Å²) in [5, 5.41) is 10.2. The van der Waals surface area contributed by atoms with Gasteiger partial charge in [0.15, 0.2) is 0 Å². The van der Waals surface area contributed by atoms with E-state index in [2.05, 4.69) is 0 Å². The molecule has 13 heavy (non-hydrogen) atoms. The Labute approximate surface area is 81.3 Å². The average Bonchev–Trinajstić information content (AvgIpc) is 1.98. The van der Waals surface area contributed by atoms with Crippen LogP contribution in [-0.2, 0) is 4.74 Å². The SMILES string of the molecule is CC(C)OCC(O)(CN)C(C)(C)C. The number of aliphatic hydroxyl groups is 1. The predicted octanol–water partition coefficient (Wildman–Crippen LogP) is 1.15. The second-order valence-corrected chi connectivity index (χ2v) is 4.85. The Morgan fingerprint density at radius 2 is 1.77 bits per heavy atom. The van der Waals surface area contributed by atoms with Crippen molar-refractivity contribution in [3.05, 3.63) is 0 Å². The largest absolute Gasteiger partial charge is 0.386 e. The molecular formula is C10H23NO2. The summed E-state index contributed by atoms with van der Waals surface area (Å²) >= 11 is 0. The van der Waals surface area contributed by atoms with E-state index in [4.69, 9.17) is 10.5 Å². The van der Waals surface area contributed by atoms with Crippen LogP contribution in [0, 0.1) is 5.41 Å². The molecule has 80 valence electrons. The van der Waals surface area contributed by atoms with Crippen LogP contribution in [0.2, 0.25) is 0 Å². The van der Waals surface area contributed by atoms with E-state index in [9.17, 15) is 5.11 Å². The molecule has 0 rings (SSSR count). The second kappa shape index (κ2) is 4.40. The molecule has 0 aliphatic rings. The number of ether oxygens (including phenoxy) is 1. The van der Waals surface area contributed by atoms with Crippen LogP contribution in [0.4, 0.5) is 0 Å². The van der Waals surface area contributed by atoms with Gasteiger partial charge in [-0.25, -0.2) is 0 Å². The Morgan fingerprint density at radius 3 is 2.00 bits per heavy atom. The molecular weight excluding hydrogens is 166 g/mol. The van der Waals surface area contributed by atoms with Gasteiger partial charge >= 0.3 is 0 Å². The van der Waals surface area contributed by atoms with E-state index < -0.39 is 5.60 Å². The first kappa shape index (κ1) is 12.9. The van der Waals surface area contributed by atoms with Gasteiger partial charge in [0.05, 0.1) is 12.7 Å². The zero-order valence-electron chi connectivity index (χ0n) is 9.42. The van der Waals surface area contributed by atoms with Gasteiger partial charge in [0, 0.05) is 6.54 Å². The minimum Gasteiger partial charge on any atom is -0.386 e. The van der Waals surface area contributed by atoms with E-state index >= 15 is 0 Å². The Hall–Kier alpha value is -0.120. The van der Waals surface area contributed by atoms with E-state index in [-0.39, 0.29) is 18.1 Å². The molecule has 0 aliphatic heterocycles. The molecule has 0 aromatic rings. The molecule has 0 saturated heterocycles. The number of hydrogen-bond acceptors (Lipinski definition) is 3. The van der Waals surface area contributed by atoms with Crippen LogP contribution in [0.25, 0.3) is 0 Å². The van der Waals surface area contributed by atoms with E-state index in [1.54, 1.807) is 0 Å². The summed E-state index contributed by atoms with van der Waals surface area (Å²) < 4.78 is 5.39. The zero-order chi connectivity index (χ0) is 10.7. The third kappa shape index (κ3) is 3.63. The molecule has 1 unspecified atom stereocenters. The van der Waals surface area contributed by atoms with Gasteiger partial charge in [-0.15, -0.1) is 0 Å². The minimum atomic E-state index is -0.933. The van der Waals surface area contributed by atoms with Crippen LogP contribution >= 0.6 is 0 Å². The fourth-order valence-electron chi connectivity index (χ4n) is 0.886. The van der Waals surface area contributed by atoms with Gasteiger partial charge in [-0.05, 0) is 19.3 Å². The van der Waals surface area contributed by atoms with Gasteiger partial charge in [0.25, 0.3) is 0 Å². The summed E-state index contributed by atoms with van der Waals surface area (Å²) in [5.74, 6) is 0. The molecule has 3 N–H and O–H groups in total. The van der Waals surface area contributed by atoms with Crippen LogP contribution in [0.15, 0.2) is 0 Å². The molecule has 0 spiro atoms. The first-order valence-electron chi connectivity index (χ1n) is 4.77. The highest BCUT2D eigenvalue weighted by Gasteiger charge is 2.39. The topological polar surface area (TPSA) is 55.5 Å². The molecule has 0 radical (unpaired) electrons. The number of nitrogens with two attached hydrogens (primary N) is 1. The summed E-state index contributed by atoms with van der Waals surface area (Å²) in [6.45, 7) is 10.3. The molecule has 0 aromatic carbocycles. The fourth-order valence-corrected chi connectivity index (χ4v) is 0.886. The van der Waals surface area contributed by atoms with Crippen molar-refractivity contribution in [2.75, 3.05) is 13.2 Å². The van der Waals surface area contributed by atoms with Gasteiger partial charge < -0.3 is 15.6 Å². The van der Waals surface area contributed by atoms with Gasteiger partial charge in [-0.2, -0.15) is 0 Å².